The monoisotopic (exact) mass is 387 g/mol. The molecule has 0 saturated heterocycles. The molecule has 3 rings (SSSR count). The quantitative estimate of drug-likeness (QED) is 0.397. The van der Waals surface area contributed by atoms with Crippen LogP contribution in [0.4, 0.5) is 0 Å². The van der Waals surface area contributed by atoms with Crippen LogP contribution in [0.2, 0.25) is 0 Å². The molecule has 0 radical (unpaired) electrons. The first-order chi connectivity index (χ1) is 14.2. The number of H-pyrrole nitrogens is 1. The van der Waals surface area contributed by atoms with Gasteiger partial charge in [0.25, 0.3) is 5.56 Å². The number of benzene rings is 2. The molecule has 5 heteroatoms. The van der Waals surface area contributed by atoms with E-state index >= 15 is 0 Å². The lowest BCUT2D eigenvalue weighted by Crippen LogP contribution is -2.11. The first kappa shape index (κ1) is 20.3. The molecular weight excluding hydrogens is 362 g/mol. The van der Waals surface area contributed by atoms with Crippen molar-refractivity contribution in [3.8, 4) is 11.8 Å². The fraction of sp³-hybridized carbons (Fsp3) is 0.292. The average molecular weight is 387 g/mol. The second-order valence-electron chi connectivity index (χ2n) is 6.90. The number of nitrogens with zero attached hydrogens (tertiary/aromatic N) is 2. The zero-order valence-corrected chi connectivity index (χ0v) is 16.6. The third-order valence-corrected chi connectivity index (χ3v) is 4.71. The van der Waals surface area contributed by atoms with Crippen LogP contribution in [0.25, 0.3) is 22.6 Å². The maximum atomic E-state index is 12.3. The minimum Gasteiger partial charge on any atom is -0.493 e. The predicted octanol–water partition coefficient (Wildman–Crippen LogP) is 5.34. The van der Waals surface area contributed by atoms with Gasteiger partial charge in [-0.2, -0.15) is 5.26 Å². The Balaban J connectivity index is 1.83. The number of hydrogen-bond donors (Lipinski definition) is 1. The molecule has 0 bridgehead atoms. The standard InChI is InChI=1S/C24H25N3O2/c1-2-3-4-5-10-15-29-22-14-9-6-11-18(22)16-19(17-25)23-26-21-13-8-7-12-20(21)24(28)27-23/h6-9,11-14,16H,2-5,10,15H2,1H3,(H,26,27,28)/b19-16-. The van der Waals surface area contributed by atoms with Crippen LogP contribution < -0.4 is 10.3 Å². The second kappa shape index (κ2) is 10.2. The highest BCUT2D eigenvalue weighted by Gasteiger charge is 2.10. The van der Waals surface area contributed by atoms with Gasteiger partial charge in [0, 0.05) is 5.56 Å². The first-order valence-electron chi connectivity index (χ1n) is 10.1. The number of nitrogens with one attached hydrogen (secondary N) is 1. The smallest absolute Gasteiger partial charge is 0.259 e. The van der Waals surface area contributed by atoms with E-state index in [2.05, 4.69) is 23.0 Å². The van der Waals surface area contributed by atoms with Crippen LogP contribution in [-0.2, 0) is 0 Å². The molecule has 5 nitrogen and oxygen atoms in total. The Kier molecular flexibility index (Phi) is 7.18. The summed E-state index contributed by atoms with van der Waals surface area (Å²) >= 11 is 0. The van der Waals surface area contributed by atoms with Crippen molar-refractivity contribution in [1.29, 1.82) is 5.26 Å². The lowest BCUT2D eigenvalue weighted by molar-refractivity contribution is 0.304. The summed E-state index contributed by atoms with van der Waals surface area (Å²) in [4.78, 5) is 19.5. The van der Waals surface area contributed by atoms with Crippen LogP contribution in [0.3, 0.4) is 0 Å². The fourth-order valence-corrected chi connectivity index (χ4v) is 3.14. The van der Waals surface area contributed by atoms with Crippen molar-refractivity contribution in [2.75, 3.05) is 6.61 Å². The van der Waals surface area contributed by atoms with E-state index in [0.717, 1.165) is 24.2 Å². The van der Waals surface area contributed by atoms with Crippen molar-refractivity contribution < 1.29 is 4.74 Å². The van der Waals surface area contributed by atoms with Gasteiger partial charge in [0.05, 0.1) is 23.1 Å². The van der Waals surface area contributed by atoms with Gasteiger partial charge in [0.15, 0.2) is 5.82 Å². The zero-order valence-electron chi connectivity index (χ0n) is 16.6. The molecule has 148 valence electrons. The Morgan fingerprint density at radius 1 is 1.10 bits per heavy atom. The van der Waals surface area contributed by atoms with Gasteiger partial charge in [0.1, 0.15) is 11.8 Å². The fourth-order valence-electron chi connectivity index (χ4n) is 3.14. The molecule has 3 aromatic rings. The Labute approximate surface area is 170 Å². The minimum absolute atomic E-state index is 0.255. The average Bonchev–Trinajstić information content (AvgIpc) is 2.75. The van der Waals surface area contributed by atoms with Crippen molar-refractivity contribution in [3.63, 3.8) is 0 Å². The van der Waals surface area contributed by atoms with Gasteiger partial charge < -0.3 is 9.72 Å². The van der Waals surface area contributed by atoms with Crippen LogP contribution >= 0.6 is 0 Å². The van der Waals surface area contributed by atoms with E-state index in [1.807, 2.05) is 30.3 Å². The van der Waals surface area contributed by atoms with Crippen molar-refractivity contribution in [2.45, 2.75) is 39.0 Å². The SMILES string of the molecule is CCCCCCCOc1ccccc1/C=C(/C#N)c1nc2ccccc2c(=O)[nH]1. The zero-order chi connectivity index (χ0) is 20.5. The second-order valence-corrected chi connectivity index (χ2v) is 6.90. The number of ether oxygens (including phenoxy) is 1. The van der Waals surface area contributed by atoms with E-state index in [1.165, 1.54) is 19.3 Å². The molecule has 1 heterocycles. The number of para-hydroxylation sites is 2. The van der Waals surface area contributed by atoms with Crippen LogP contribution in [-0.4, -0.2) is 16.6 Å². The van der Waals surface area contributed by atoms with Crippen molar-refractivity contribution in [2.24, 2.45) is 0 Å². The van der Waals surface area contributed by atoms with E-state index in [1.54, 1.807) is 24.3 Å². The van der Waals surface area contributed by atoms with Crippen LogP contribution in [0.5, 0.6) is 5.75 Å². The van der Waals surface area contributed by atoms with Crippen LogP contribution in [0.1, 0.15) is 50.4 Å². The number of fused-ring (bicyclic) bond motifs is 1. The summed E-state index contributed by atoms with van der Waals surface area (Å²) in [6.07, 6.45) is 7.55. The maximum absolute atomic E-state index is 12.3. The van der Waals surface area contributed by atoms with Gasteiger partial charge in [-0.3, -0.25) is 4.79 Å². The van der Waals surface area contributed by atoms with Crippen LogP contribution in [0.15, 0.2) is 53.3 Å². The van der Waals surface area contributed by atoms with Crippen LogP contribution in [0, 0.1) is 11.3 Å². The van der Waals surface area contributed by atoms with Crippen molar-refractivity contribution >= 4 is 22.6 Å². The molecule has 0 unspecified atom stereocenters. The molecule has 0 atom stereocenters. The van der Waals surface area contributed by atoms with Crippen molar-refractivity contribution in [3.05, 3.63) is 70.3 Å². The molecule has 2 aromatic carbocycles. The number of unbranched alkanes of at least 4 members (excludes halogenated alkanes) is 4. The predicted molar refractivity (Wildman–Crippen MR) is 117 cm³/mol. The molecule has 0 amide bonds. The Bertz CT molecular complexity index is 1090. The van der Waals surface area contributed by atoms with Gasteiger partial charge in [0.2, 0.25) is 0 Å². The molecule has 0 spiro atoms. The number of hydrogen-bond acceptors (Lipinski definition) is 4. The molecule has 1 aromatic heterocycles. The minimum atomic E-state index is -0.261. The molecule has 1 N–H and O–H groups in total. The number of aromatic amines is 1. The molecule has 0 aliphatic heterocycles. The highest BCUT2D eigenvalue weighted by molar-refractivity contribution is 5.90. The molecule has 0 saturated carbocycles. The van der Waals surface area contributed by atoms with E-state index in [-0.39, 0.29) is 17.0 Å². The Morgan fingerprint density at radius 3 is 2.69 bits per heavy atom. The maximum Gasteiger partial charge on any atom is 0.259 e. The lowest BCUT2D eigenvalue weighted by atomic mass is 10.1. The van der Waals surface area contributed by atoms with Gasteiger partial charge in [-0.05, 0) is 30.7 Å². The topological polar surface area (TPSA) is 78.8 Å². The van der Waals surface area contributed by atoms with E-state index < -0.39 is 0 Å². The van der Waals surface area contributed by atoms with E-state index in [4.69, 9.17) is 4.74 Å². The number of rotatable bonds is 9. The summed E-state index contributed by atoms with van der Waals surface area (Å²) < 4.78 is 5.95. The molecule has 0 fully saturated rings. The largest absolute Gasteiger partial charge is 0.493 e. The third kappa shape index (κ3) is 5.32. The highest BCUT2D eigenvalue weighted by Crippen LogP contribution is 2.24. The Morgan fingerprint density at radius 2 is 1.86 bits per heavy atom. The summed E-state index contributed by atoms with van der Waals surface area (Å²) in [6, 6.07) is 16.8. The van der Waals surface area contributed by atoms with Crippen molar-refractivity contribution in [1.82, 2.24) is 9.97 Å². The number of aromatic nitrogens is 2. The van der Waals surface area contributed by atoms with Gasteiger partial charge >= 0.3 is 0 Å². The summed E-state index contributed by atoms with van der Waals surface area (Å²) in [7, 11) is 0. The molecule has 0 aliphatic carbocycles. The number of allylic oxidation sites excluding steroid dienone is 1. The molecule has 29 heavy (non-hydrogen) atoms. The molecule has 0 aliphatic rings. The Hall–Kier alpha value is -3.39. The summed E-state index contributed by atoms with van der Waals surface area (Å²) in [5, 5.41) is 10.2. The number of nitriles is 1. The summed E-state index contributed by atoms with van der Waals surface area (Å²) in [6.45, 7) is 2.84. The normalized spacial score (nSPS) is 11.4. The lowest BCUT2D eigenvalue weighted by Gasteiger charge is -2.10. The van der Waals surface area contributed by atoms with Gasteiger partial charge in [-0.25, -0.2) is 4.98 Å². The van der Waals surface area contributed by atoms with Gasteiger partial charge in [-0.15, -0.1) is 0 Å². The molecular formula is C24H25N3O2. The van der Waals surface area contributed by atoms with E-state index in [0.29, 0.717) is 17.5 Å². The highest BCUT2D eigenvalue weighted by atomic mass is 16.5. The summed E-state index contributed by atoms with van der Waals surface area (Å²) in [5.74, 6) is 0.976. The van der Waals surface area contributed by atoms with Gasteiger partial charge in [-0.1, -0.05) is 62.9 Å². The third-order valence-electron chi connectivity index (χ3n) is 4.71. The van der Waals surface area contributed by atoms with E-state index in [9.17, 15) is 10.1 Å². The first-order valence-corrected chi connectivity index (χ1v) is 10.1. The summed E-state index contributed by atoms with van der Waals surface area (Å²) in [5.41, 5.74) is 1.37.